The van der Waals surface area contributed by atoms with Crippen LogP contribution in [-0.4, -0.2) is 34.8 Å². The van der Waals surface area contributed by atoms with Crippen LogP contribution in [0.4, 0.5) is 5.69 Å². The van der Waals surface area contributed by atoms with Crippen molar-refractivity contribution in [1.29, 1.82) is 0 Å². The van der Waals surface area contributed by atoms with E-state index in [1.165, 1.54) is 12.1 Å². The number of fused-ring (bicyclic) bond motifs is 1. The van der Waals surface area contributed by atoms with Crippen LogP contribution in [0.1, 0.15) is 20.7 Å². The van der Waals surface area contributed by atoms with Crippen LogP contribution in [0.15, 0.2) is 78.9 Å². The molecule has 0 unspecified atom stereocenters. The van der Waals surface area contributed by atoms with E-state index < -0.39 is 10.8 Å². The predicted octanol–water partition coefficient (Wildman–Crippen LogP) is 4.62. The molecule has 0 fully saturated rings. The van der Waals surface area contributed by atoms with Crippen LogP contribution in [0, 0.1) is 10.1 Å². The Morgan fingerprint density at radius 3 is 2.21 bits per heavy atom. The van der Waals surface area contributed by atoms with E-state index in [1.54, 1.807) is 6.07 Å². The molecular weight excluding hydrogens is 456 g/mol. The summed E-state index contributed by atoms with van der Waals surface area (Å²) in [7, 11) is 0. The quantitative estimate of drug-likeness (QED) is 0.230. The van der Waals surface area contributed by atoms with Crippen LogP contribution in [0.25, 0.3) is 22.2 Å². The van der Waals surface area contributed by atoms with E-state index in [9.17, 15) is 19.7 Å². The molecule has 0 aliphatic carbocycles. The Hall–Kier alpha value is -4.30. The second kappa shape index (κ2) is 10.1. The first-order valence-corrected chi connectivity index (χ1v) is 10.8. The topological polar surface area (TPSA) is 114 Å². The number of hydrogen-bond donors (Lipinski definition) is 2. The Balaban J connectivity index is 1.45. The number of aromatic nitrogens is 1. The molecule has 2 amide bonds. The summed E-state index contributed by atoms with van der Waals surface area (Å²) in [6, 6.07) is 22.3. The van der Waals surface area contributed by atoms with Gasteiger partial charge in [0.25, 0.3) is 17.5 Å². The zero-order valence-corrected chi connectivity index (χ0v) is 18.6. The summed E-state index contributed by atoms with van der Waals surface area (Å²) < 4.78 is 0. The molecule has 0 saturated carbocycles. The third-order valence-corrected chi connectivity index (χ3v) is 5.46. The van der Waals surface area contributed by atoms with Crippen LogP contribution in [-0.2, 0) is 0 Å². The summed E-state index contributed by atoms with van der Waals surface area (Å²) in [5.41, 5.74) is 2.50. The molecule has 0 bridgehead atoms. The maximum Gasteiger partial charge on any atom is 0.270 e. The van der Waals surface area contributed by atoms with Crippen LogP contribution in [0.2, 0.25) is 5.02 Å². The zero-order chi connectivity index (χ0) is 24.1. The first-order valence-electron chi connectivity index (χ1n) is 10.4. The molecule has 0 aliphatic rings. The number of hydrogen-bond acceptors (Lipinski definition) is 5. The molecule has 0 aliphatic heterocycles. The standard InChI is InChI=1S/C25H19ClN4O4/c26-21-11-10-17(30(33)34)14-20(21)25(32)28-13-12-27-24(31)19-15-23(16-6-2-1-3-7-16)29-22-9-5-4-8-18(19)22/h1-11,14-15H,12-13H2,(H,27,31)(H,28,32). The van der Waals surface area contributed by atoms with Crippen molar-refractivity contribution in [1.82, 2.24) is 15.6 Å². The summed E-state index contributed by atoms with van der Waals surface area (Å²) in [5, 5.41) is 17.2. The Morgan fingerprint density at radius 1 is 0.853 bits per heavy atom. The van der Waals surface area contributed by atoms with E-state index in [2.05, 4.69) is 15.6 Å². The van der Waals surface area contributed by atoms with Gasteiger partial charge in [-0.15, -0.1) is 0 Å². The van der Waals surface area contributed by atoms with Gasteiger partial charge in [-0.1, -0.05) is 60.1 Å². The van der Waals surface area contributed by atoms with Crippen LogP contribution < -0.4 is 10.6 Å². The van der Waals surface area contributed by atoms with Gasteiger partial charge in [0.2, 0.25) is 0 Å². The second-order valence-corrected chi connectivity index (χ2v) is 7.78. The van der Waals surface area contributed by atoms with E-state index >= 15 is 0 Å². The van der Waals surface area contributed by atoms with Crippen molar-refractivity contribution in [3.63, 3.8) is 0 Å². The third-order valence-electron chi connectivity index (χ3n) is 5.13. The Bertz CT molecular complexity index is 1390. The predicted molar refractivity (Wildman–Crippen MR) is 130 cm³/mol. The first-order chi connectivity index (χ1) is 16.4. The smallest absolute Gasteiger partial charge is 0.270 e. The molecular formula is C25H19ClN4O4. The summed E-state index contributed by atoms with van der Waals surface area (Å²) in [6.07, 6.45) is 0. The molecule has 0 radical (unpaired) electrons. The highest BCUT2D eigenvalue weighted by Crippen LogP contribution is 2.25. The van der Waals surface area contributed by atoms with E-state index in [4.69, 9.17) is 11.6 Å². The van der Waals surface area contributed by atoms with Crippen molar-refractivity contribution in [3.05, 3.63) is 105 Å². The van der Waals surface area contributed by atoms with Crippen LogP contribution in [0.5, 0.6) is 0 Å². The van der Waals surface area contributed by atoms with Gasteiger partial charge in [0.15, 0.2) is 0 Å². The Labute approximate surface area is 199 Å². The van der Waals surface area contributed by atoms with Gasteiger partial charge in [-0.05, 0) is 18.2 Å². The van der Waals surface area contributed by atoms with Crippen molar-refractivity contribution in [3.8, 4) is 11.3 Å². The Kier molecular flexibility index (Phi) is 6.79. The highest BCUT2D eigenvalue weighted by molar-refractivity contribution is 6.34. The molecule has 3 aromatic carbocycles. The second-order valence-electron chi connectivity index (χ2n) is 7.37. The number of nitro groups is 1. The van der Waals surface area contributed by atoms with Gasteiger partial charge in [-0.2, -0.15) is 0 Å². The largest absolute Gasteiger partial charge is 0.350 e. The summed E-state index contributed by atoms with van der Waals surface area (Å²) in [5.74, 6) is -0.873. The zero-order valence-electron chi connectivity index (χ0n) is 17.8. The molecule has 9 heteroatoms. The number of nitrogens with one attached hydrogen (secondary N) is 2. The lowest BCUT2D eigenvalue weighted by Gasteiger charge is -2.11. The number of amides is 2. The first kappa shape index (κ1) is 22.9. The lowest BCUT2D eigenvalue weighted by Crippen LogP contribution is -2.35. The van der Waals surface area contributed by atoms with Gasteiger partial charge in [0.05, 0.1) is 32.3 Å². The minimum atomic E-state index is -0.601. The Morgan fingerprint density at radius 2 is 1.50 bits per heavy atom. The number of rotatable bonds is 7. The fourth-order valence-corrected chi connectivity index (χ4v) is 3.67. The molecule has 0 spiro atoms. The average molecular weight is 475 g/mol. The molecule has 4 rings (SSSR count). The molecule has 170 valence electrons. The molecule has 2 N–H and O–H groups in total. The minimum absolute atomic E-state index is 0.00479. The lowest BCUT2D eigenvalue weighted by atomic mass is 10.0. The molecule has 0 atom stereocenters. The van der Waals surface area contributed by atoms with E-state index in [-0.39, 0.29) is 35.3 Å². The summed E-state index contributed by atoms with van der Waals surface area (Å²) in [4.78, 5) is 40.4. The van der Waals surface area contributed by atoms with Crippen molar-refractivity contribution >= 4 is 40.0 Å². The highest BCUT2D eigenvalue weighted by atomic mass is 35.5. The lowest BCUT2D eigenvalue weighted by molar-refractivity contribution is -0.384. The van der Waals surface area contributed by atoms with Crippen LogP contribution in [0.3, 0.4) is 0 Å². The average Bonchev–Trinajstić information content (AvgIpc) is 2.86. The number of nitro benzene ring substituents is 1. The summed E-state index contributed by atoms with van der Waals surface area (Å²) in [6.45, 7) is 0.257. The van der Waals surface area contributed by atoms with Gasteiger partial charge >= 0.3 is 0 Å². The monoisotopic (exact) mass is 474 g/mol. The minimum Gasteiger partial charge on any atom is -0.350 e. The number of carbonyl (C=O) groups is 2. The van der Waals surface area contributed by atoms with Crippen molar-refractivity contribution in [2.24, 2.45) is 0 Å². The van der Waals surface area contributed by atoms with E-state index in [0.717, 1.165) is 11.6 Å². The van der Waals surface area contributed by atoms with E-state index in [1.807, 2.05) is 54.6 Å². The normalized spacial score (nSPS) is 10.6. The summed E-state index contributed by atoms with van der Waals surface area (Å²) >= 11 is 6.00. The number of nitrogens with zero attached hydrogens (tertiary/aromatic N) is 2. The van der Waals surface area contributed by atoms with Crippen molar-refractivity contribution in [2.45, 2.75) is 0 Å². The fourth-order valence-electron chi connectivity index (χ4n) is 3.46. The van der Waals surface area contributed by atoms with Gasteiger partial charge in [0.1, 0.15) is 0 Å². The molecule has 8 nitrogen and oxygen atoms in total. The molecule has 4 aromatic rings. The van der Waals surface area contributed by atoms with Crippen molar-refractivity contribution < 1.29 is 14.5 Å². The maximum atomic E-state index is 13.0. The SMILES string of the molecule is O=C(NCCNC(=O)c1cc(-c2ccccc2)nc2ccccc12)c1cc([N+](=O)[O-])ccc1Cl. The molecule has 1 heterocycles. The van der Waals surface area contributed by atoms with Gasteiger partial charge in [-0.3, -0.25) is 19.7 Å². The number of pyridine rings is 1. The number of non-ortho nitro benzene ring substituents is 1. The molecule has 34 heavy (non-hydrogen) atoms. The number of halogens is 1. The fraction of sp³-hybridized carbons (Fsp3) is 0.0800. The number of carbonyl (C=O) groups excluding carboxylic acids is 2. The highest BCUT2D eigenvalue weighted by Gasteiger charge is 2.16. The number of para-hydroxylation sites is 1. The van der Waals surface area contributed by atoms with Gasteiger partial charge < -0.3 is 10.6 Å². The van der Waals surface area contributed by atoms with Gasteiger partial charge in [0, 0.05) is 36.2 Å². The van der Waals surface area contributed by atoms with E-state index in [0.29, 0.717) is 22.2 Å². The van der Waals surface area contributed by atoms with Crippen LogP contribution >= 0.6 is 11.6 Å². The van der Waals surface area contributed by atoms with Gasteiger partial charge in [-0.25, -0.2) is 4.98 Å². The molecule has 0 saturated heterocycles. The van der Waals surface area contributed by atoms with Crippen molar-refractivity contribution in [2.75, 3.05) is 13.1 Å². The molecule has 1 aromatic heterocycles. The third kappa shape index (κ3) is 5.02. The maximum absolute atomic E-state index is 13.0. The number of benzene rings is 3.